The fourth-order valence-electron chi connectivity index (χ4n) is 3.73. The molecule has 0 aromatic heterocycles. The predicted molar refractivity (Wildman–Crippen MR) is 75.9 cm³/mol. The van der Waals surface area contributed by atoms with Crippen LogP contribution in [0.25, 0.3) is 0 Å². The lowest BCUT2D eigenvalue weighted by Gasteiger charge is -2.41. The van der Waals surface area contributed by atoms with Crippen molar-refractivity contribution in [2.24, 2.45) is 11.1 Å². The van der Waals surface area contributed by atoms with E-state index >= 15 is 0 Å². The fraction of sp³-hybridized carbons (Fsp3) is 0.933. The summed E-state index contributed by atoms with van der Waals surface area (Å²) in [6.45, 7) is 7.76. The maximum absolute atomic E-state index is 12.1. The van der Waals surface area contributed by atoms with E-state index in [1.807, 2.05) is 20.8 Å². The van der Waals surface area contributed by atoms with Crippen LogP contribution in [0.5, 0.6) is 0 Å². The van der Waals surface area contributed by atoms with Gasteiger partial charge in [0.1, 0.15) is 5.60 Å². The number of nitrogens with two attached hydrogens (primary N) is 1. The number of alkyl carbamates (subject to hydrolysis) is 1. The number of hydrogen-bond acceptors (Lipinski definition) is 3. The van der Waals surface area contributed by atoms with Crippen LogP contribution in [-0.4, -0.2) is 23.3 Å². The van der Waals surface area contributed by atoms with Gasteiger partial charge < -0.3 is 15.8 Å². The second-order valence-electron chi connectivity index (χ2n) is 7.36. The highest BCUT2D eigenvalue weighted by atomic mass is 16.6. The quantitative estimate of drug-likeness (QED) is 0.827. The SMILES string of the molecule is CC(N)C1(C2(NC(=O)OC(C)(C)C)CCCC2)CC1. The maximum atomic E-state index is 12.1. The van der Waals surface area contributed by atoms with Gasteiger partial charge in [0.2, 0.25) is 0 Å². The van der Waals surface area contributed by atoms with Crippen LogP contribution in [0.15, 0.2) is 0 Å². The number of carbonyl (C=O) groups is 1. The molecular weight excluding hydrogens is 240 g/mol. The Morgan fingerprint density at radius 1 is 1.21 bits per heavy atom. The smallest absolute Gasteiger partial charge is 0.408 e. The standard InChI is InChI=1S/C15H28N2O2/c1-11(16)14(9-10-14)15(7-5-6-8-15)17-12(18)19-13(2,3)4/h11H,5-10,16H2,1-4H3,(H,17,18). The van der Waals surface area contributed by atoms with Crippen LogP contribution in [0.2, 0.25) is 0 Å². The summed E-state index contributed by atoms with van der Waals surface area (Å²) in [5.74, 6) is 0. The normalized spacial score (nSPS) is 25.7. The van der Waals surface area contributed by atoms with E-state index in [2.05, 4.69) is 12.2 Å². The van der Waals surface area contributed by atoms with Crippen molar-refractivity contribution in [3.8, 4) is 0 Å². The molecule has 0 aromatic rings. The van der Waals surface area contributed by atoms with Gasteiger partial charge in [-0.15, -0.1) is 0 Å². The van der Waals surface area contributed by atoms with Gasteiger partial charge in [-0.05, 0) is 53.4 Å². The minimum atomic E-state index is -0.449. The van der Waals surface area contributed by atoms with Crippen LogP contribution in [0.4, 0.5) is 4.79 Å². The Balaban J connectivity index is 2.11. The highest BCUT2D eigenvalue weighted by Gasteiger charge is 2.62. The first-order valence-corrected chi connectivity index (χ1v) is 7.48. The van der Waals surface area contributed by atoms with Gasteiger partial charge in [0, 0.05) is 11.5 Å². The lowest BCUT2D eigenvalue weighted by atomic mass is 9.75. The molecule has 2 saturated carbocycles. The molecule has 2 aliphatic rings. The molecule has 1 amide bonds. The molecule has 19 heavy (non-hydrogen) atoms. The average molecular weight is 268 g/mol. The van der Waals surface area contributed by atoms with E-state index in [4.69, 9.17) is 10.5 Å². The Bertz CT molecular complexity index is 348. The molecule has 1 unspecified atom stereocenters. The van der Waals surface area contributed by atoms with Crippen molar-refractivity contribution >= 4 is 6.09 Å². The molecule has 3 N–H and O–H groups in total. The van der Waals surface area contributed by atoms with Gasteiger partial charge in [0.05, 0.1) is 5.54 Å². The van der Waals surface area contributed by atoms with Crippen molar-refractivity contribution in [3.05, 3.63) is 0 Å². The van der Waals surface area contributed by atoms with Gasteiger partial charge >= 0.3 is 6.09 Å². The zero-order valence-corrected chi connectivity index (χ0v) is 12.7. The summed E-state index contributed by atoms with van der Waals surface area (Å²) < 4.78 is 5.44. The molecule has 4 nitrogen and oxygen atoms in total. The van der Waals surface area contributed by atoms with Crippen molar-refractivity contribution in [2.75, 3.05) is 0 Å². The van der Waals surface area contributed by atoms with Crippen molar-refractivity contribution in [1.29, 1.82) is 0 Å². The third-order valence-corrected chi connectivity index (χ3v) is 4.81. The Hall–Kier alpha value is -0.770. The highest BCUT2D eigenvalue weighted by Crippen LogP contribution is 2.61. The Labute approximate surface area is 116 Å². The van der Waals surface area contributed by atoms with Gasteiger partial charge in [-0.1, -0.05) is 12.8 Å². The molecule has 0 saturated heterocycles. The van der Waals surface area contributed by atoms with E-state index in [1.165, 1.54) is 12.8 Å². The maximum Gasteiger partial charge on any atom is 0.408 e. The molecule has 0 aromatic carbocycles. The van der Waals surface area contributed by atoms with Crippen molar-refractivity contribution in [1.82, 2.24) is 5.32 Å². The number of amides is 1. The van der Waals surface area contributed by atoms with Crippen LogP contribution in [0, 0.1) is 5.41 Å². The fourth-order valence-corrected chi connectivity index (χ4v) is 3.73. The predicted octanol–water partition coefficient (Wildman–Crippen LogP) is 2.95. The third-order valence-electron chi connectivity index (χ3n) is 4.81. The van der Waals surface area contributed by atoms with E-state index < -0.39 is 5.60 Å². The number of nitrogens with one attached hydrogen (secondary N) is 1. The molecule has 2 fully saturated rings. The van der Waals surface area contributed by atoms with Crippen LogP contribution in [-0.2, 0) is 4.74 Å². The van der Waals surface area contributed by atoms with E-state index in [9.17, 15) is 4.79 Å². The van der Waals surface area contributed by atoms with Crippen LogP contribution < -0.4 is 11.1 Å². The summed E-state index contributed by atoms with van der Waals surface area (Å²) in [5.41, 5.74) is 5.72. The Morgan fingerprint density at radius 3 is 2.11 bits per heavy atom. The van der Waals surface area contributed by atoms with E-state index in [-0.39, 0.29) is 23.1 Å². The van der Waals surface area contributed by atoms with Crippen molar-refractivity contribution < 1.29 is 9.53 Å². The van der Waals surface area contributed by atoms with Gasteiger partial charge in [-0.2, -0.15) is 0 Å². The summed E-state index contributed by atoms with van der Waals surface area (Å²) in [6, 6.07) is 0.125. The molecule has 0 aliphatic heterocycles. The van der Waals surface area contributed by atoms with Crippen LogP contribution in [0.3, 0.4) is 0 Å². The van der Waals surface area contributed by atoms with Gasteiger partial charge in [0.25, 0.3) is 0 Å². The first-order chi connectivity index (χ1) is 8.71. The highest BCUT2D eigenvalue weighted by molar-refractivity contribution is 5.69. The van der Waals surface area contributed by atoms with Gasteiger partial charge in [-0.25, -0.2) is 4.79 Å². The monoisotopic (exact) mass is 268 g/mol. The molecule has 1 atom stereocenters. The topological polar surface area (TPSA) is 64.3 Å². The molecule has 0 heterocycles. The second kappa shape index (κ2) is 4.65. The van der Waals surface area contributed by atoms with E-state index in [1.54, 1.807) is 0 Å². The average Bonchev–Trinajstić information content (AvgIpc) is 2.93. The van der Waals surface area contributed by atoms with Crippen molar-refractivity contribution in [3.63, 3.8) is 0 Å². The first kappa shape index (κ1) is 14.6. The zero-order valence-electron chi connectivity index (χ0n) is 12.7. The minimum absolute atomic E-state index is 0.0976. The Kier molecular flexibility index (Phi) is 3.58. The molecule has 0 radical (unpaired) electrons. The van der Waals surface area contributed by atoms with Crippen LogP contribution in [0.1, 0.15) is 66.2 Å². The molecule has 110 valence electrons. The first-order valence-electron chi connectivity index (χ1n) is 7.48. The lowest BCUT2D eigenvalue weighted by Crippen LogP contribution is -2.58. The number of rotatable bonds is 3. The van der Waals surface area contributed by atoms with Crippen molar-refractivity contribution in [2.45, 2.75) is 83.4 Å². The van der Waals surface area contributed by atoms with Gasteiger partial charge in [0.15, 0.2) is 0 Å². The largest absolute Gasteiger partial charge is 0.444 e. The summed E-state index contributed by atoms with van der Waals surface area (Å²) >= 11 is 0. The van der Waals surface area contributed by atoms with E-state index in [0.717, 1.165) is 25.7 Å². The molecule has 4 heteroatoms. The minimum Gasteiger partial charge on any atom is -0.444 e. The van der Waals surface area contributed by atoms with E-state index in [0.29, 0.717) is 0 Å². The third kappa shape index (κ3) is 2.73. The molecule has 2 aliphatic carbocycles. The lowest BCUT2D eigenvalue weighted by molar-refractivity contribution is 0.0373. The van der Waals surface area contributed by atoms with Gasteiger partial charge in [-0.3, -0.25) is 0 Å². The molecule has 0 spiro atoms. The second-order valence-corrected chi connectivity index (χ2v) is 7.36. The summed E-state index contributed by atoms with van der Waals surface area (Å²) in [4.78, 5) is 12.1. The number of carbonyl (C=O) groups excluding carboxylic acids is 1. The summed E-state index contributed by atoms with van der Waals surface area (Å²) in [5, 5.41) is 3.19. The number of ether oxygens (including phenoxy) is 1. The molecular formula is C15H28N2O2. The molecule has 2 rings (SSSR count). The summed E-state index contributed by atoms with van der Waals surface area (Å²) in [7, 11) is 0. The van der Waals surface area contributed by atoms with Crippen LogP contribution >= 0.6 is 0 Å². The Morgan fingerprint density at radius 2 is 1.74 bits per heavy atom. The molecule has 0 bridgehead atoms. The summed E-state index contributed by atoms with van der Waals surface area (Å²) in [6.07, 6.45) is 6.37. The number of hydrogen-bond donors (Lipinski definition) is 2. The zero-order chi connectivity index (χ0) is 14.3.